The number of nitrogens with zero attached hydrogens (tertiary/aromatic N) is 2. The van der Waals surface area contributed by atoms with E-state index in [1.54, 1.807) is 16.3 Å². The van der Waals surface area contributed by atoms with Crippen LogP contribution in [-0.2, 0) is 5.75 Å². The largest absolute Gasteiger partial charge is 0.268 e. The summed E-state index contributed by atoms with van der Waals surface area (Å²) in [5.41, 5.74) is 3.81. The lowest BCUT2D eigenvalue weighted by molar-refractivity contribution is 0.819. The molecule has 3 aromatic carbocycles. The van der Waals surface area contributed by atoms with E-state index in [9.17, 15) is 4.79 Å². The normalized spacial score (nSPS) is 11.0. The highest BCUT2D eigenvalue weighted by molar-refractivity contribution is 9.10. The first-order valence-electron chi connectivity index (χ1n) is 8.58. The van der Waals surface area contributed by atoms with Gasteiger partial charge in [0, 0.05) is 10.2 Å². The Morgan fingerprint density at radius 3 is 2.63 bits per heavy atom. The molecule has 0 aliphatic carbocycles. The van der Waals surface area contributed by atoms with Crippen molar-refractivity contribution in [1.29, 1.82) is 0 Å². The summed E-state index contributed by atoms with van der Waals surface area (Å²) in [4.78, 5) is 18.0. The highest BCUT2D eigenvalue weighted by Crippen LogP contribution is 2.26. The minimum absolute atomic E-state index is 0.0389. The number of halogens is 1. The van der Waals surface area contributed by atoms with Crippen molar-refractivity contribution in [3.05, 3.63) is 98.7 Å². The van der Waals surface area contributed by atoms with Crippen LogP contribution in [0, 0.1) is 6.92 Å². The Kier molecular flexibility index (Phi) is 5.14. The minimum atomic E-state index is -0.0389. The molecule has 1 aromatic heterocycles. The van der Waals surface area contributed by atoms with Crippen molar-refractivity contribution in [2.45, 2.75) is 17.8 Å². The number of rotatable bonds is 4. The van der Waals surface area contributed by atoms with Crippen molar-refractivity contribution < 1.29 is 0 Å². The van der Waals surface area contributed by atoms with Crippen LogP contribution in [0.25, 0.3) is 16.6 Å². The van der Waals surface area contributed by atoms with Gasteiger partial charge in [0.05, 0.1) is 16.6 Å². The molecule has 0 spiro atoms. The second-order valence-electron chi connectivity index (χ2n) is 6.31. The van der Waals surface area contributed by atoms with Gasteiger partial charge in [-0.05, 0) is 54.4 Å². The van der Waals surface area contributed by atoms with E-state index in [0.717, 1.165) is 27.0 Å². The highest BCUT2D eigenvalue weighted by atomic mass is 79.9. The first-order valence-corrected chi connectivity index (χ1v) is 10.4. The van der Waals surface area contributed by atoms with E-state index in [2.05, 4.69) is 28.1 Å². The topological polar surface area (TPSA) is 34.9 Å². The van der Waals surface area contributed by atoms with Crippen LogP contribution in [0.1, 0.15) is 11.1 Å². The van der Waals surface area contributed by atoms with E-state index in [0.29, 0.717) is 10.5 Å². The molecule has 0 saturated heterocycles. The smallest absolute Gasteiger partial charge is 0.266 e. The van der Waals surface area contributed by atoms with Gasteiger partial charge in [-0.3, -0.25) is 9.36 Å². The molecule has 3 nitrogen and oxygen atoms in total. The molecule has 0 fully saturated rings. The number of hydrogen-bond acceptors (Lipinski definition) is 3. The summed E-state index contributed by atoms with van der Waals surface area (Å²) in [6.07, 6.45) is 0. The molecule has 0 atom stereocenters. The molecule has 0 saturated carbocycles. The van der Waals surface area contributed by atoms with Gasteiger partial charge in [0.1, 0.15) is 0 Å². The van der Waals surface area contributed by atoms with Gasteiger partial charge in [-0.2, -0.15) is 0 Å². The number of fused-ring (bicyclic) bond motifs is 1. The third-order valence-corrected chi connectivity index (χ3v) is 5.76. The summed E-state index contributed by atoms with van der Waals surface area (Å²) in [5, 5.41) is 1.33. The maximum absolute atomic E-state index is 13.2. The molecule has 0 unspecified atom stereocenters. The molecule has 134 valence electrons. The van der Waals surface area contributed by atoms with Gasteiger partial charge >= 0.3 is 0 Å². The van der Waals surface area contributed by atoms with E-state index >= 15 is 0 Å². The average molecular weight is 437 g/mol. The fraction of sp³-hybridized carbons (Fsp3) is 0.0909. The fourth-order valence-electron chi connectivity index (χ4n) is 2.98. The van der Waals surface area contributed by atoms with Gasteiger partial charge in [-0.15, -0.1) is 0 Å². The summed E-state index contributed by atoms with van der Waals surface area (Å²) < 4.78 is 2.76. The maximum Gasteiger partial charge on any atom is 0.266 e. The molecule has 27 heavy (non-hydrogen) atoms. The Hall–Kier alpha value is -2.37. The first kappa shape index (κ1) is 18.0. The van der Waals surface area contributed by atoms with Crippen molar-refractivity contribution >= 4 is 38.6 Å². The third-order valence-electron chi connectivity index (χ3n) is 4.26. The fourth-order valence-corrected chi connectivity index (χ4v) is 4.38. The monoisotopic (exact) mass is 436 g/mol. The number of aromatic nitrogens is 2. The van der Waals surface area contributed by atoms with E-state index in [1.165, 1.54) is 5.56 Å². The Bertz CT molecular complexity index is 1190. The van der Waals surface area contributed by atoms with Gasteiger partial charge < -0.3 is 0 Å². The van der Waals surface area contributed by atoms with Crippen molar-refractivity contribution in [1.82, 2.24) is 9.55 Å². The van der Waals surface area contributed by atoms with Crippen molar-refractivity contribution in [2.75, 3.05) is 0 Å². The van der Waals surface area contributed by atoms with E-state index in [4.69, 9.17) is 4.98 Å². The van der Waals surface area contributed by atoms with Crippen molar-refractivity contribution in [2.24, 2.45) is 0 Å². The SMILES string of the molecule is Cc1cccc(-n2c(SCc3cccc(Br)c3)nc3ccccc3c2=O)c1. The van der Waals surface area contributed by atoms with Crippen LogP contribution >= 0.6 is 27.7 Å². The number of benzene rings is 3. The molecule has 0 amide bonds. The number of aryl methyl sites for hydroxylation is 1. The van der Waals surface area contributed by atoms with Crippen LogP contribution in [0.5, 0.6) is 0 Å². The average Bonchev–Trinajstić information content (AvgIpc) is 2.66. The van der Waals surface area contributed by atoms with Crippen LogP contribution in [-0.4, -0.2) is 9.55 Å². The van der Waals surface area contributed by atoms with Crippen LogP contribution in [0.2, 0.25) is 0 Å². The molecule has 0 bridgehead atoms. The van der Waals surface area contributed by atoms with Gasteiger partial charge in [-0.1, -0.05) is 64.1 Å². The number of hydrogen-bond donors (Lipinski definition) is 0. The molecule has 0 aliphatic heterocycles. The lowest BCUT2D eigenvalue weighted by Gasteiger charge is -2.14. The van der Waals surface area contributed by atoms with E-state index in [1.807, 2.05) is 67.6 Å². The highest BCUT2D eigenvalue weighted by Gasteiger charge is 2.13. The summed E-state index contributed by atoms with van der Waals surface area (Å²) in [6.45, 7) is 2.03. The molecule has 0 aliphatic rings. The Morgan fingerprint density at radius 2 is 1.81 bits per heavy atom. The third kappa shape index (κ3) is 3.84. The Labute approximate surface area is 170 Å². The van der Waals surface area contributed by atoms with Gasteiger partial charge in [0.15, 0.2) is 5.16 Å². The summed E-state index contributed by atoms with van der Waals surface area (Å²) in [6, 6.07) is 23.7. The predicted molar refractivity (Wildman–Crippen MR) is 116 cm³/mol. The Morgan fingerprint density at radius 1 is 1.00 bits per heavy atom. The van der Waals surface area contributed by atoms with Gasteiger partial charge in [0.25, 0.3) is 5.56 Å². The molecule has 5 heteroatoms. The van der Waals surface area contributed by atoms with E-state index < -0.39 is 0 Å². The zero-order chi connectivity index (χ0) is 18.8. The summed E-state index contributed by atoms with van der Waals surface area (Å²) in [7, 11) is 0. The molecule has 1 heterocycles. The minimum Gasteiger partial charge on any atom is -0.268 e. The predicted octanol–water partition coefficient (Wildman–Crippen LogP) is 5.75. The molecule has 4 rings (SSSR count). The first-order chi connectivity index (χ1) is 13.1. The summed E-state index contributed by atoms with van der Waals surface area (Å²) >= 11 is 5.08. The standard InChI is InChI=1S/C22H17BrN2OS/c1-15-6-4-9-18(12-15)25-21(26)19-10-2-3-11-20(19)24-22(25)27-14-16-7-5-8-17(23)13-16/h2-13H,14H2,1H3. The van der Waals surface area contributed by atoms with E-state index in [-0.39, 0.29) is 5.56 Å². The molecular formula is C22H17BrN2OS. The second-order valence-corrected chi connectivity index (χ2v) is 8.17. The van der Waals surface area contributed by atoms with Gasteiger partial charge in [0.2, 0.25) is 0 Å². The number of thioether (sulfide) groups is 1. The Balaban J connectivity index is 1.84. The van der Waals surface area contributed by atoms with Crippen molar-refractivity contribution in [3.8, 4) is 5.69 Å². The second kappa shape index (κ2) is 7.71. The number of para-hydroxylation sites is 1. The van der Waals surface area contributed by atoms with Crippen LogP contribution in [0.3, 0.4) is 0 Å². The lowest BCUT2D eigenvalue weighted by Crippen LogP contribution is -2.21. The van der Waals surface area contributed by atoms with Crippen molar-refractivity contribution in [3.63, 3.8) is 0 Å². The van der Waals surface area contributed by atoms with Gasteiger partial charge in [-0.25, -0.2) is 4.98 Å². The van der Waals surface area contributed by atoms with Crippen LogP contribution in [0.4, 0.5) is 0 Å². The summed E-state index contributed by atoms with van der Waals surface area (Å²) in [5.74, 6) is 0.732. The van der Waals surface area contributed by atoms with Crippen LogP contribution in [0.15, 0.2) is 87.2 Å². The zero-order valence-electron chi connectivity index (χ0n) is 14.7. The quantitative estimate of drug-likeness (QED) is 0.301. The molecule has 4 aromatic rings. The van der Waals surface area contributed by atoms with Crippen LogP contribution < -0.4 is 5.56 Å². The zero-order valence-corrected chi connectivity index (χ0v) is 17.1. The maximum atomic E-state index is 13.2. The molecule has 0 N–H and O–H groups in total. The molecule has 0 radical (unpaired) electrons. The lowest BCUT2D eigenvalue weighted by atomic mass is 10.2. The molecular weight excluding hydrogens is 420 g/mol.